The van der Waals surface area contributed by atoms with Crippen molar-refractivity contribution in [3.8, 4) is 6.07 Å². The monoisotopic (exact) mass is 327 g/mol. The highest BCUT2D eigenvalue weighted by atomic mass is 127. The highest BCUT2D eigenvalue weighted by Gasteiger charge is 2.41. The molecule has 0 spiro atoms. The van der Waals surface area contributed by atoms with E-state index in [0.717, 1.165) is 0 Å². The van der Waals surface area contributed by atoms with Crippen LogP contribution in [0.5, 0.6) is 0 Å². The van der Waals surface area contributed by atoms with Crippen molar-refractivity contribution in [1.82, 2.24) is 0 Å². The number of benzene rings is 1. The lowest BCUT2D eigenvalue weighted by Crippen LogP contribution is -2.20. The molecule has 0 bridgehead atoms. The molecular formula is C9H5F3INO. The van der Waals surface area contributed by atoms with Crippen LogP contribution in [-0.2, 0) is 3.07 Å². The first-order chi connectivity index (χ1) is 6.99. The average Bonchev–Trinajstić information content (AvgIpc) is 2.18. The molecule has 1 unspecified atom stereocenters. The molecule has 15 heavy (non-hydrogen) atoms. The molecular weight excluding hydrogens is 322 g/mol. The molecule has 0 saturated carbocycles. The Morgan fingerprint density at radius 3 is 2.13 bits per heavy atom. The molecule has 80 valence electrons. The summed E-state index contributed by atoms with van der Waals surface area (Å²) < 4.78 is 41.5. The van der Waals surface area contributed by atoms with E-state index in [0.29, 0.717) is 5.56 Å². The van der Waals surface area contributed by atoms with Crippen LogP contribution in [0.1, 0.15) is 17.2 Å². The van der Waals surface area contributed by atoms with Crippen LogP contribution in [-0.4, -0.2) is 6.18 Å². The molecule has 6 heteroatoms. The van der Waals surface area contributed by atoms with Gasteiger partial charge in [0.1, 0.15) is 23.0 Å². The van der Waals surface area contributed by atoms with E-state index in [9.17, 15) is 13.2 Å². The van der Waals surface area contributed by atoms with Crippen molar-refractivity contribution in [3.63, 3.8) is 0 Å². The van der Waals surface area contributed by atoms with Gasteiger partial charge in [-0.05, 0) is 17.7 Å². The number of nitrogens with zero attached hydrogens (tertiary/aromatic N) is 1. The van der Waals surface area contributed by atoms with Gasteiger partial charge in [-0.15, -0.1) is 0 Å². The molecule has 0 aliphatic rings. The molecule has 0 N–H and O–H groups in total. The summed E-state index contributed by atoms with van der Waals surface area (Å²) in [6.07, 6.45) is -6.40. The van der Waals surface area contributed by atoms with Gasteiger partial charge < -0.3 is 0 Å². The zero-order valence-electron chi connectivity index (χ0n) is 7.25. The highest BCUT2D eigenvalue weighted by Crippen LogP contribution is 2.37. The van der Waals surface area contributed by atoms with Crippen LogP contribution >= 0.6 is 23.0 Å². The SMILES string of the molecule is N#Cc1ccc(C(OI)C(F)(F)F)cc1. The van der Waals surface area contributed by atoms with E-state index in [1.807, 2.05) is 6.07 Å². The van der Waals surface area contributed by atoms with Crippen molar-refractivity contribution in [3.05, 3.63) is 35.4 Å². The predicted molar refractivity (Wildman–Crippen MR) is 55.1 cm³/mol. The second kappa shape index (κ2) is 4.81. The summed E-state index contributed by atoms with van der Waals surface area (Å²) in [5, 5.41) is 8.48. The third-order valence-corrected chi connectivity index (χ3v) is 2.24. The van der Waals surface area contributed by atoms with Crippen LogP contribution in [0.3, 0.4) is 0 Å². The van der Waals surface area contributed by atoms with Gasteiger partial charge in [-0.3, -0.25) is 3.07 Å². The van der Waals surface area contributed by atoms with Gasteiger partial charge in [-0.25, -0.2) is 0 Å². The fourth-order valence-electron chi connectivity index (χ4n) is 1.02. The van der Waals surface area contributed by atoms with E-state index in [1.165, 1.54) is 47.3 Å². The number of hydrogen-bond donors (Lipinski definition) is 0. The molecule has 0 aliphatic carbocycles. The minimum atomic E-state index is -4.45. The topological polar surface area (TPSA) is 33.0 Å². The van der Waals surface area contributed by atoms with Crippen molar-refractivity contribution < 1.29 is 16.2 Å². The third kappa shape index (κ3) is 3.07. The number of halogens is 4. The Kier molecular flexibility index (Phi) is 3.93. The van der Waals surface area contributed by atoms with E-state index in [-0.39, 0.29) is 5.56 Å². The molecule has 0 fully saturated rings. The molecule has 0 saturated heterocycles. The second-order valence-corrected chi connectivity index (χ2v) is 3.25. The van der Waals surface area contributed by atoms with E-state index in [2.05, 4.69) is 3.07 Å². The summed E-state index contributed by atoms with van der Waals surface area (Å²) in [6.45, 7) is 0. The highest BCUT2D eigenvalue weighted by molar-refractivity contribution is 14.1. The molecule has 1 aromatic rings. The fraction of sp³-hybridized carbons (Fsp3) is 0.222. The average molecular weight is 327 g/mol. The molecule has 1 rings (SSSR count). The maximum Gasteiger partial charge on any atom is 0.419 e. The Morgan fingerprint density at radius 1 is 1.27 bits per heavy atom. The van der Waals surface area contributed by atoms with Crippen LogP contribution in [0.4, 0.5) is 13.2 Å². The molecule has 0 radical (unpaired) electrons. The van der Waals surface area contributed by atoms with Gasteiger partial charge in [0.2, 0.25) is 0 Å². The van der Waals surface area contributed by atoms with E-state index in [4.69, 9.17) is 5.26 Å². The Labute approximate surface area is 98.3 Å². The lowest BCUT2D eigenvalue weighted by molar-refractivity contribution is -0.189. The van der Waals surface area contributed by atoms with Crippen LogP contribution < -0.4 is 0 Å². The van der Waals surface area contributed by atoms with Gasteiger partial charge in [0.25, 0.3) is 0 Å². The molecule has 2 nitrogen and oxygen atoms in total. The summed E-state index contributed by atoms with van der Waals surface area (Å²) in [6, 6.07) is 6.94. The lowest BCUT2D eigenvalue weighted by atomic mass is 10.1. The smallest absolute Gasteiger partial charge is 0.298 e. The van der Waals surface area contributed by atoms with Crippen LogP contribution in [0.25, 0.3) is 0 Å². The standard InChI is InChI=1S/C9H5F3INO/c10-9(11,12)8(15-13)7-3-1-6(5-14)2-4-7/h1-4,8H. The number of alkyl halides is 3. The van der Waals surface area contributed by atoms with Crippen LogP contribution in [0.2, 0.25) is 0 Å². The van der Waals surface area contributed by atoms with Crippen molar-refractivity contribution in [2.75, 3.05) is 0 Å². The molecule has 0 aliphatic heterocycles. The summed E-state index contributed by atoms with van der Waals surface area (Å²) in [4.78, 5) is 0. The van der Waals surface area contributed by atoms with Crippen molar-refractivity contribution in [2.45, 2.75) is 12.3 Å². The Hall–Kier alpha value is -0.810. The zero-order valence-corrected chi connectivity index (χ0v) is 9.41. The fourth-order valence-corrected chi connectivity index (χ4v) is 1.61. The molecule has 1 aromatic carbocycles. The largest absolute Gasteiger partial charge is 0.419 e. The molecule has 0 aromatic heterocycles. The maximum absolute atomic E-state index is 12.4. The van der Waals surface area contributed by atoms with E-state index < -0.39 is 12.3 Å². The van der Waals surface area contributed by atoms with Crippen LogP contribution in [0.15, 0.2) is 24.3 Å². The normalized spacial score (nSPS) is 13.3. The number of nitriles is 1. The lowest BCUT2D eigenvalue weighted by Gasteiger charge is -2.17. The first kappa shape index (κ1) is 12.3. The maximum atomic E-state index is 12.4. The summed E-state index contributed by atoms with van der Waals surface area (Å²) in [5.74, 6) is 0. The van der Waals surface area contributed by atoms with Gasteiger partial charge in [0, 0.05) is 0 Å². The van der Waals surface area contributed by atoms with Crippen LogP contribution in [0, 0.1) is 11.3 Å². The summed E-state index contributed by atoms with van der Waals surface area (Å²) in [7, 11) is 0. The van der Waals surface area contributed by atoms with Crippen molar-refractivity contribution in [1.29, 1.82) is 5.26 Å². The third-order valence-electron chi connectivity index (χ3n) is 1.73. The van der Waals surface area contributed by atoms with Gasteiger partial charge in [-0.1, -0.05) is 12.1 Å². The summed E-state index contributed by atoms with van der Waals surface area (Å²) >= 11 is 1.21. The van der Waals surface area contributed by atoms with E-state index >= 15 is 0 Å². The number of hydrogen-bond acceptors (Lipinski definition) is 2. The quantitative estimate of drug-likeness (QED) is 0.779. The first-order valence-corrected chi connectivity index (χ1v) is 4.71. The first-order valence-electron chi connectivity index (χ1n) is 3.83. The Bertz CT molecular complexity index is 368. The predicted octanol–water partition coefficient (Wildman–Crippen LogP) is 3.53. The Balaban J connectivity index is 3.00. The van der Waals surface area contributed by atoms with Gasteiger partial charge in [-0.2, -0.15) is 18.4 Å². The minimum Gasteiger partial charge on any atom is -0.298 e. The van der Waals surface area contributed by atoms with Gasteiger partial charge >= 0.3 is 6.18 Å². The molecule has 1 atom stereocenters. The zero-order chi connectivity index (χ0) is 11.5. The van der Waals surface area contributed by atoms with Crippen molar-refractivity contribution in [2.24, 2.45) is 0 Å². The Morgan fingerprint density at radius 2 is 1.80 bits per heavy atom. The van der Waals surface area contributed by atoms with E-state index in [1.54, 1.807) is 0 Å². The minimum absolute atomic E-state index is 0.0177. The number of rotatable bonds is 2. The van der Waals surface area contributed by atoms with Gasteiger partial charge in [0.15, 0.2) is 6.10 Å². The molecule has 0 amide bonds. The van der Waals surface area contributed by atoms with Crippen molar-refractivity contribution >= 4 is 23.0 Å². The second-order valence-electron chi connectivity index (χ2n) is 2.74. The van der Waals surface area contributed by atoms with Gasteiger partial charge in [0.05, 0.1) is 11.6 Å². The summed E-state index contributed by atoms with van der Waals surface area (Å²) in [5.41, 5.74) is 0.295. The molecule has 0 heterocycles.